The molecule has 1 unspecified atom stereocenters. The van der Waals surface area contributed by atoms with Crippen LogP contribution in [0.15, 0.2) is 30.3 Å². The van der Waals surface area contributed by atoms with E-state index >= 15 is 0 Å². The van der Waals surface area contributed by atoms with Crippen molar-refractivity contribution in [3.63, 3.8) is 0 Å². The van der Waals surface area contributed by atoms with Gasteiger partial charge in [-0.15, -0.1) is 0 Å². The van der Waals surface area contributed by atoms with Crippen molar-refractivity contribution in [1.29, 1.82) is 0 Å². The molecule has 1 saturated heterocycles. The fourth-order valence-electron chi connectivity index (χ4n) is 1.50. The molecule has 64 valence electrons. The lowest BCUT2D eigenvalue weighted by Crippen LogP contribution is -2.15. The van der Waals surface area contributed by atoms with Crippen LogP contribution in [-0.4, -0.2) is 18.6 Å². The Kier molecular flexibility index (Phi) is 2.11. The van der Waals surface area contributed by atoms with Crippen LogP contribution >= 0.6 is 11.8 Å². The fraction of sp³-hybridized carbons (Fsp3) is 0.400. The molecule has 1 N–H and O–H groups in total. The van der Waals surface area contributed by atoms with Crippen LogP contribution in [0.3, 0.4) is 0 Å². The van der Waals surface area contributed by atoms with E-state index in [1.165, 1.54) is 11.3 Å². The Labute approximate surface area is 77.6 Å². The van der Waals surface area contributed by atoms with E-state index < -0.39 is 0 Å². The molecule has 0 bridgehead atoms. The number of hydrogen-bond acceptors (Lipinski definition) is 2. The Bertz CT molecular complexity index is 254. The van der Waals surface area contributed by atoms with Crippen molar-refractivity contribution in [1.82, 2.24) is 5.32 Å². The highest BCUT2D eigenvalue weighted by atomic mass is 32.2. The Balaban J connectivity index is 2.19. The van der Waals surface area contributed by atoms with Gasteiger partial charge in [0.05, 0.1) is 5.54 Å². The minimum atomic E-state index is 0.306. The van der Waals surface area contributed by atoms with Crippen molar-refractivity contribution in [2.24, 2.45) is 0 Å². The fourth-order valence-corrected chi connectivity index (χ4v) is 2.36. The number of hydrogen-bond donors (Lipinski definition) is 1. The predicted molar refractivity (Wildman–Crippen MR) is 54.5 cm³/mol. The van der Waals surface area contributed by atoms with E-state index in [9.17, 15) is 0 Å². The Morgan fingerprint density at radius 2 is 2.08 bits per heavy atom. The molecule has 1 aliphatic heterocycles. The highest BCUT2D eigenvalue weighted by Gasteiger charge is 2.42. The summed E-state index contributed by atoms with van der Waals surface area (Å²) in [7, 11) is 0. The predicted octanol–water partition coefficient (Wildman–Crippen LogP) is 1.85. The van der Waals surface area contributed by atoms with E-state index in [0.717, 1.165) is 6.54 Å². The first-order chi connectivity index (χ1) is 5.87. The van der Waals surface area contributed by atoms with Crippen molar-refractivity contribution in [3.05, 3.63) is 35.9 Å². The Hall–Kier alpha value is -0.470. The van der Waals surface area contributed by atoms with Crippen LogP contribution in [0.25, 0.3) is 0 Å². The minimum absolute atomic E-state index is 0.306. The number of rotatable bonds is 3. The zero-order valence-corrected chi connectivity index (χ0v) is 8.03. The van der Waals surface area contributed by atoms with E-state index in [0.29, 0.717) is 5.54 Å². The third kappa shape index (κ3) is 1.37. The first kappa shape index (κ1) is 8.14. The summed E-state index contributed by atoms with van der Waals surface area (Å²) in [5, 5.41) is 3.44. The largest absolute Gasteiger partial charge is 0.303 e. The second kappa shape index (κ2) is 3.11. The maximum absolute atomic E-state index is 3.44. The first-order valence-corrected chi connectivity index (χ1v) is 5.56. The summed E-state index contributed by atoms with van der Waals surface area (Å²) in [6, 6.07) is 10.7. The van der Waals surface area contributed by atoms with Crippen LogP contribution in [0.2, 0.25) is 0 Å². The molecular formula is C10H13NS. The molecule has 0 amide bonds. The smallest absolute Gasteiger partial charge is 0.0653 e. The van der Waals surface area contributed by atoms with Gasteiger partial charge in [0.1, 0.15) is 0 Å². The Morgan fingerprint density at radius 3 is 2.58 bits per heavy atom. The highest BCUT2D eigenvalue weighted by Crippen LogP contribution is 2.33. The summed E-state index contributed by atoms with van der Waals surface area (Å²) in [5.74, 6) is 1.18. The lowest BCUT2D eigenvalue weighted by molar-refractivity contribution is 0.779. The van der Waals surface area contributed by atoms with E-state index in [-0.39, 0.29) is 0 Å². The summed E-state index contributed by atoms with van der Waals surface area (Å²) >= 11 is 1.90. The molecule has 1 heterocycles. The molecule has 1 fully saturated rings. The zero-order valence-electron chi connectivity index (χ0n) is 7.21. The molecule has 1 atom stereocenters. The minimum Gasteiger partial charge on any atom is -0.303 e. The molecule has 2 rings (SSSR count). The van der Waals surface area contributed by atoms with E-state index in [4.69, 9.17) is 0 Å². The third-order valence-electron chi connectivity index (χ3n) is 2.32. The van der Waals surface area contributed by atoms with E-state index in [1.807, 2.05) is 11.8 Å². The van der Waals surface area contributed by atoms with Gasteiger partial charge in [-0.25, -0.2) is 0 Å². The third-order valence-corrected chi connectivity index (χ3v) is 3.10. The van der Waals surface area contributed by atoms with Crippen molar-refractivity contribution < 1.29 is 0 Å². The first-order valence-electron chi connectivity index (χ1n) is 4.17. The number of thioether (sulfide) groups is 1. The topological polar surface area (TPSA) is 21.9 Å². The van der Waals surface area contributed by atoms with E-state index in [2.05, 4.69) is 41.9 Å². The van der Waals surface area contributed by atoms with E-state index in [1.54, 1.807) is 0 Å². The van der Waals surface area contributed by atoms with Gasteiger partial charge in [0, 0.05) is 12.3 Å². The molecule has 1 aromatic carbocycles. The normalized spacial score (nSPS) is 27.1. The molecule has 12 heavy (non-hydrogen) atoms. The van der Waals surface area contributed by atoms with Gasteiger partial charge in [-0.3, -0.25) is 0 Å². The van der Waals surface area contributed by atoms with Crippen LogP contribution in [0.1, 0.15) is 5.56 Å². The van der Waals surface area contributed by atoms with Gasteiger partial charge in [0.15, 0.2) is 0 Å². The summed E-state index contributed by atoms with van der Waals surface area (Å²) in [6.45, 7) is 1.14. The average molecular weight is 179 g/mol. The number of benzene rings is 1. The molecule has 0 spiro atoms. The van der Waals surface area contributed by atoms with Gasteiger partial charge < -0.3 is 5.32 Å². The summed E-state index contributed by atoms with van der Waals surface area (Å²) in [5.41, 5.74) is 1.74. The molecule has 0 radical (unpaired) electrons. The van der Waals surface area contributed by atoms with Gasteiger partial charge in [0.25, 0.3) is 0 Å². The van der Waals surface area contributed by atoms with Gasteiger partial charge >= 0.3 is 0 Å². The van der Waals surface area contributed by atoms with Crippen LogP contribution in [0, 0.1) is 0 Å². The lowest BCUT2D eigenvalue weighted by atomic mass is 10.0. The van der Waals surface area contributed by atoms with Gasteiger partial charge in [0.2, 0.25) is 0 Å². The van der Waals surface area contributed by atoms with Crippen LogP contribution in [0.4, 0.5) is 0 Å². The van der Waals surface area contributed by atoms with Crippen molar-refractivity contribution >= 4 is 11.8 Å². The molecule has 0 aromatic heterocycles. The van der Waals surface area contributed by atoms with Crippen molar-refractivity contribution in [2.75, 3.05) is 18.6 Å². The van der Waals surface area contributed by atoms with Crippen molar-refractivity contribution in [3.8, 4) is 0 Å². The van der Waals surface area contributed by atoms with Gasteiger partial charge in [-0.1, -0.05) is 30.3 Å². The molecule has 1 aliphatic rings. The van der Waals surface area contributed by atoms with Gasteiger partial charge in [-0.05, 0) is 11.8 Å². The SMILES string of the molecule is CSCC1(c2ccccc2)CN1. The molecule has 0 aliphatic carbocycles. The highest BCUT2D eigenvalue weighted by molar-refractivity contribution is 7.98. The summed E-state index contributed by atoms with van der Waals surface area (Å²) < 4.78 is 0. The number of nitrogens with one attached hydrogen (secondary N) is 1. The van der Waals surface area contributed by atoms with Crippen molar-refractivity contribution in [2.45, 2.75) is 5.54 Å². The second-order valence-corrected chi connectivity index (χ2v) is 4.10. The maximum Gasteiger partial charge on any atom is 0.0653 e. The monoisotopic (exact) mass is 179 g/mol. The average Bonchev–Trinajstić information content (AvgIpc) is 2.88. The standard InChI is InChI=1S/C10H13NS/c1-12-8-10(7-11-10)9-5-3-2-4-6-9/h2-6,11H,7-8H2,1H3. The van der Waals surface area contributed by atoms with Crippen LogP contribution in [0.5, 0.6) is 0 Å². The summed E-state index contributed by atoms with van der Waals surface area (Å²) in [4.78, 5) is 0. The quantitative estimate of drug-likeness (QED) is 0.715. The molecular weight excluding hydrogens is 166 g/mol. The zero-order chi connectivity index (χ0) is 8.44. The molecule has 1 aromatic rings. The Morgan fingerprint density at radius 1 is 1.42 bits per heavy atom. The van der Waals surface area contributed by atoms with Crippen LogP contribution in [-0.2, 0) is 5.54 Å². The lowest BCUT2D eigenvalue weighted by Gasteiger charge is -2.11. The van der Waals surface area contributed by atoms with Gasteiger partial charge in [-0.2, -0.15) is 11.8 Å². The maximum atomic E-state index is 3.44. The molecule has 0 saturated carbocycles. The second-order valence-electron chi connectivity index (χ2n) is 3.23. The van der Waals surface area contributed by atoms with Crippen LogP contribution < -0.4 is 5.32 Å². The molecule has 2 heteroatoms. The molecule has 1 nitrogen and oxygen atoms in total. The summed E-state index contributed by atoms with van der Waals surface area (Å²) in [6.07, 6.45) is 2.16.